The molecule has 1 aromatic heterocycles. The molecule has 1 aromatic carbocycles. The van der Waals surface area contributed by atoms with Gasteiger partial charge in [-0.25, -0.2) is 0 Å². The molecule has 0 aliphatic carbocycles. The Balaban J connectivity index is 1.29. The number of amides is 1. The van der Waals surface area contributed by atoms with Crippen molar-refractivity contribution in [3.63, 3.8) is 0 Å². The van der Waals surface area contributed by atoms with Crippen LogP contribution in [0, 0.1) is 5.92 Å². The molecular weight excluding hydrogens is 372 g/mol. The smallest absolute Gasteiger partial charge is 0.243 e. The van der Waals surface area contributed by atoms with E-state index in [0.29, 0.717) is 24.4 Å². The first-order valence-electron chi connectivity index (χ1n) is 11.5. The summed E-state index contributed by atoms with van der Waals surface area (Å²) in [6, 6.07) is 11.5. The number of carbonyl (C=O) groups excluding carboxylic acids is 1. The van der Waals surface area contributed by atoms with Gasteiger partial charge >= 0.3 is 0 Å². The molecule has 4 aliphatic rings. The fourth-order valence-corrected chi connectivity index (χ4v) is 6.76. The molecule has 0 saturated carbocycles. The summed E-state index contributed by atoms with van der Waals surface area (Å²) in [5.41, 5.74) is 5.15. The number of hydrogen-bond donors (Lipinski definition) is 0. The average Bonchev–Trinajstić information content (AvgIpc) is 3.39. The van der Waals surface area contributed by atoms with E-state index in [1.54, 1.807) is 6.20 Å². The second-order valence-corrected chi connectivity index (χ2v) is 9.63. The summed E-state index contributed by atoms with van der Waals surface area (Å²) in [5, 5.41) is 0. The lowest BCUT2D eigenvalue weighted by Gasteiger charge is -2.34. The van der Waals surface area contributed by atoms with E-state index in [9.17, 15) is 4.79 Å². The Labute approximate surface area is 178 Å². The summed E-state index contributed by atoms with van der Waals surface area (Å²) in [4.78, 5) is 25.0. The van der Waals surface area contributed by atoms with E-state index in [1.807, 2.05) is 12.3 Å². The molecule has 30 heavy (non-hydrogen) atoms. The molecule has 4 aliphatic heterocycles. The van der Waals surface area contributed by atoms with Gasteiger partial charge in [0.05, 0.1) is 0 Å². The van der Waals surface area contributed by atoms with E-state index in [-0.39, 0.29) is 5.54 Å². The van der Waals surface area contributed by atoms with Gasteiger partial charge in [-0.05, 0) is 67.5 Å². The highest BCUT2D eigenvalue weighted by Gasteiger charge is 2.65. The Bertz CT molecular complexity index is 976. The van der Waals surface area contributed by atoms with Crippen molar-refractivity contribution in [2.24, 2.45) is 5.92 Å². The first-order chi connectivity index (χ1) is 14.7. The molecule has 0 N–H and O–H groups in total. The number of pyridine rings is 1. The number of carbonyl (C=O) groups is 1. The van der Waals surface area contributed by atoms with E-state index in [2.05, 4.69) is 51.0 Å². The third-order valence-corrected chi connectivity index (χ3v) is 8.06. The lowest BCUT2D eigenvalue weighted by molar-refractivity contribution is -0.137. The largest absolute Gasteiger partial charge is 0.374 e. The standard InChI is InChI=1S/C25H30N4O/c1-27-11-3-6-19-13-20(7-8-22(19)27)23-14-21-17-28(16-18-5-2-10-26-15-18)24(30)25(21)9-4-12-29(23)25/h2,5,7-8,10,13,15,21,23H,3-4,6,9,11-12,14,16-17H2,1H3/t21-,23-,25-/m0/s1. The third kappa shape index (κ3) is 2.57. The fourth-order valence-electron chi connectivity index (χ4n) is 6.76. The Morgan fingerprint density at radius 2 is 2.13 bits per heavy atom. The van der Waals surface area contributed by atoms with E-state index < -0.39 is 0 Å². The van der Waals surface area contributed by atoms with Crippen LogP contribution < -0.4 is 4.90 Å². The van der Waals surface area contributed by atoms with Crippen LogP contribution in [0.1, 0.15) is 48.4 Å². The monoisotopic (exact) mass is 402 g/mol. The minimum atomic E-state index is -0.264. The van der Waals surface area contributed by atoms with Crippen LogP contribution in [0.2, 0.25) is 0 Å². The zero-order chi connectivity index (χ0) is 20.3. The van der Waals surface area contributed by atoms with Crippen LogP contribution in [0.15, 0.2) is 42.7 Å². The van der Waals surface area contributed by atoms with Crippen molar-refractivity contribution in [3.05, 3.63) is 59.4 Å². The maximum Gasteiger partial charge on any atom is 0.243 e. The van der Waals surface area contributed by atoms with Gasteiger partial charge in [0.2, 0.25) is 5.91 Å². The van der Waals surface area contributed by atoms with Crippen molar-refractivity contribution < 1.29 is 4.79 Å². The molecule has 6 rings (SSSR count). The molecule has 1 amide bonds. The molecule has 2 aromatic rings. The van der Waals surface area contributed by atoms with E-state index in [4.69, 9.17) is 0 Å². The summed E-state index contributed by atoms with van der Waals surface area (Å²) in [6.07, 6.45) is 9.34. The number of fused-ring (bicyclic) bond motifs is 1. The van der Waals surface area contributed by atoms with Crippen LogP contribution in [0.5, 0.6) is 0 Å². The summed E-state index contributed by atoms with van der Waals surface area (Å²) in [7, 11) is 2.20. The van der Waals surface area contributed by atoms with Crippen molar-refractivity contribution in [1.82, 2.24) is 14.8 Å². The van der Waals surface area contributed by atoms with Gasteiger partial charge in [0, 0.05) is 56.7 Å². The van der Waals surface area contributed by atoms with Crippen LogP contribution in [-0.4, -0.2) is 52.9 Å². The van der Waals surface area contributed by atoms with E-state index >= 15 is 0 Å². The second-order valence-electron chi connectivity index (χ2n) is 9.63. The first-order valence-corrected chi connectivity index (χ1v) is 11.5. The van der Waals surface area contributed by atoms with E-state index in [1.165, 1.54) is 29.7 Å². The van der Waals surface area contributed by atoms with Crippen LogP contribution in [0.3, 0.4) is 0 Å². The number of likely N-dealkylation sites (tertiary alicyclic amines) is 1. The lowest BCUT2D eigenvalue weighted by atomic mass is 9.85. The van der Waals surface area contributed by atoms with Crippen LogP contribution in [-0.2, 0) is 17.8 Å². The number of benzene rings is 1. The van der Waals surface area contributed by atoms with Crippen molar-refractivity contribution >= 4 is 11.6 Å². The number of hydrogen-bond acceptors (Lipinski definition) is 4. The SMILES string of the molecule is CN1CCCc2cc([C@@H]3C[C@H]4CN(Cc5cccnc5)C(=O)[C@]45CCCN35)ccc21. The van der Waals surface area contributed by atoms with Gasteiger partial charge in [-0.3, -0.25) is 14.7 Å². The van der Waals surface area contributed by atoms with Gasteiger partial charge in [-0.2, -0.15) is 0 Å². The average molecular weight is 403 g/mol. The number of anilines is 1. The van der Waals surface area contributed by atoms with Crippen molar-refractivity contribution in [3.8, 4) is 0 Å². The molecule has 0 bridgehead atoms. The van der Waals surface area contributed by atoms with Crippen molar-refractivity contribution in [1.29, 1.82) is 0 Å². The highest BCUT2D eigenvalue weighted by Crippen LogP contribution is 2.56. The highest BCUT2D eigenvalue weighted by molar-refractivity contribution is 5.90. The maximum absolute atomic E-state index is 13.7. The normalized spacial score (nSPS) is 30.5. The molecule has 0 unspecified atom stereocenters. The lowest BCUT2D eigenvalue weighted by Crippen LogP contribution is -2.49. The minimum Gasteiger partial charge on any atom is -0.374 e. The van der Waals surface area contributed by atoms with Crippen LogP contribution in [0.4, 0.5) is 5.69 Å². The third-order valence-electron chi connectivity index (χ3n) is 8.06. The summed E-state index contributed by atoms with van der Waals surface area (Å²) in [5.74, 6) is 0.793. The van der Waals surface area contributed by atoms with Gasteiger partial charge in [0.25, 0.3) is 0 Å². The zero-order valence-electron chi connectivity index (χ0n) is 17.8. The predicted molar refractivity (Wildman–Crippen MR) is 117 cm³/mol. The molecule has 5 heteroatoms. The van der Waals surface area contributed by atoms with Gasteiger partial charge in [-0.15, -0.1) is 0 Å². The molecule has 3 saturated heterocycles. The Kier molecular flexibility index (Phi) is 4.17. The molecule has 3 fully saturated rings. The maximum atomic E-state index is 13.7. The van der Waals surface area contributed by atoms with Gasteiger partial charge in [0.15, 0.2) is 0 Å². The Hall–Kier alpha value is -2.40. The first kappa shape index (κ1) is 18.4. The molecule has 3 atom stereocenters. The molecule has 1 spiro atoms. The predicted octanol–water partition coefficient (Wildman–Crippen LogP) is 3.40. The Morgan fingerprint density at radius 3 is 3.00 bits per heavy atom. The zero-order valence-corrected chi connectivity index (χ0v) is 17.8. The highest BCUT2D eigenvalue weighted by atomic mass is 16.2. The van der Waals surface area contributed by atoms with E-state index in [0.717, 1.165) is 44.5 Å². The summed E-state index contributed by atoms with van der Waals surface area (Å²) >= 11 is 0. The molecule has 0 radical (unpaired) electrons. The van der Waals surface area contributed by atoms with Gasteiger partial charge in [0.1, 0.15) is 5.54 Å². The van der Waals surface area contributed by atoms with Crippen molar-refractivity contribution in [2.45, 2.75) is 50.2 Å². The molecule has 5 heterocycles. The number of nitrogens with zero attached hydrogens (tertiary/aromatic N) is 4. The number of rotatable bonds is 3. The van der Waals surface area contributed by atoms with Gasteiger partial charge in [-0.1, -0.05) is 18.2 Å². The molecule has 5 nitrogen and oxygen atoms in total. The second kappa shape index (κ2) is 6.81. The molecular formula is C25H30N4O. The van der Waals surface area contributed by atoms with Crippen LogP contribution >= 0.6 is 0 Å². The van der Waals surface area contributed by atoms with Crippen LogP contribution in [0.25, 0.3) is 0 Å². The number of aryl methyl sites for hydroxylation is 1. The van der Waals surface area contributed by atoms with Gasteiger partial charge < -0.3 is 9.80 Å². The quantitative estimate of drug-likeness (QED) is 0.789. The summed E-state index contributed by atoms with van der Waals surface area (Å²) in [6.45, 7) is 3.77. The fraction of sp³-hybridized carbons (Fsp3) is 0.520. The number of aromatic nitrogens is 1. The minimum absolute atomic E-state index is 0.264. The Morgan fingerprint density at radius 1 is 1.20 bits per heavy atom. The topological polar surface area (TPSA) is 39.7 Å². The summed E-state index contributed by atoms with van der Waals surface area (Å²) < 4.78 is 0. The van der Waals surface area contributed by atoms with Crippen molar-refractivity contribution in [2.75, 3.05) is 31.6 Å². The molecule has 156 valence electrons.